The maximum Gasteiger partial charge on any atom is 0.123 e. The first-order chi connectivity index (χ1) is 7.70. The number of halogens is 1. The van der Waals surface area contributed by atoms with Crippen molar-refractivity contribution >= 4 is 12.6 Å². The van der Waals surface area contributed by atoms with Crippen molar-refractivity contribution in [3.63, 3.8) is 0 Å². The summed E-state index contributed by atoms with van der Waals surface area (Å²) in [6.45, 7) is 3.01. The van der Waals surface area contributed by atoms with Crippen molar-refractivity contribution < 1.29 is 4.39 Å². The predicted molar refractivity (Wildman–Crippen MR) is 68.5 cm³/mol. The van der Waals surface area contributed by atoms with Gasteiger partial charge < -0.3 is 5.32 Å². The van der Waals surface area contributed by atoms with Gasteiger partial charge in [-0.25, -0.2) is 4.39 Å². The van der Waals surface area contributed by atoms with Crippen molar-refractivity contribution in [1.82, 2.24) is 5.32 Å². The molecule has 16 heavy (non-hydrogen) atoms. The molecule has 1 N–H and O–H groups in total. The molecule has 0 radical (unpaired) electrons. The highest BCUT2D eigenvalue weighted by Gasteiger charge is 2.22. The summed E-state index contributed by atoms with van der Waals surface area (Å²) in [6, 6.07) is 5.44. The van der Waals surface area contributed by atoms with E-state index in [4.69, 9.17) is 0 Å². The van der Waals surface area contributed by atoms with Gasteiger partial charge in [0.1, 0.15) is 5.82 Å². The molecule has 1 aliphatic rings. The van der Waals surface area contributed by atoms with E-state index in [1.165, 1.54) is 12.0 Å². The van der Waals surface area contributed by atoms with Crippen LogP contribution in [0.2, 0.25) is 0 Å². The summed E-state index contributed by atoms with van der Waals surface area (Å²) in [5.41, 5.74) is 2.27. The highest BCUT2D eigenvalue weighted by atomic mass is 32.1. The second-order valence-electron chi connectivity index (χ2n) is 4.58. The van der Waals surface area contributed by atoms with Gasteiger partial charge in [0.05, 0.1) is 0 Å². The van der Waals surface area contributed by atoms with Crippen molar-refractivity contribution in [2.75, 3.05) is 12.3 Å². The summed E-state index contributed by atoms with van der Waals surface area (Å²) >= 11 is 4.37. The van der Waals surface area contributed by atoms with Gasteiger partial charge in [0.15, 0.2) is 0 Å². The second-order valence-corrected chi connectivity index (χ2v) is 4.95. The van der Waals surface area contributed by atoms with Crippen LogP contribution in [0.3, 0.4) is 0 Å². The van der Waals surface area contributed by atoms with Gasteiger partial charge in [-0.15, -0.1) is 0 Å². The van der Waals surface area contributed by atoms with E-state index in [1.807, 2.05) is 13.0 Å². The van der Waals surface area contributed by atoms with E-state index in [2.05, 4.69) is 17.9 Å². The lowest BCUT2D eigenvalue weighted by Gasteiger charge is -2.30. The van der Waals surface area contributed by atoms with Gasteiger partial charge >= 0.3 is 0 Å². The zero-order valence-electron chi connectivity index (χ0n) is 9.54. The van der Waals surface area contributed by atoms with Gasteiger partial charge in [-0.3, -0.25) is 0 Å². The third-order valence-electron chi connectivity index (χ3n) is 3.38. The Morgan fingerprint density at radius 2 is 2.31 bits per heavy atom. The van der Waals surface area contributed by atoms with Crippen LogP contribution in [0.15, 0.2) is 18.2 Å². The van der Waals surface area contributed by atoms with Crippen LogP contribution in [0, 0.1) is 18.7 Å². The molecule has 88 valence electrons. The minimum Gasteiger partial charge on any atom is -0.310 e. The summed E-state index contributed by atoms with van der Waals surface area (Å²) in [4.78, 5) is 0. The molecule has 0 unspecified atom stereocenters. The topological polar surface area (TPSA) is 12.0 Å². The van der Waals surface area contributed by atoms with E-state index in [1.54, 1.807) is 12.1 Å². The number of thiol groups is 1. The van der Waals surface area contributed by atoms with Crippen LogP contribution in [0.25, 0.3) is 0 Å². The van der Waals surface area contributed by atoms with Crippen LogP contribution in [0.1, 0.15) is 30.0 Å². The summed E-state index contributed by atoms with van der Waals surface area (Å²) in [5, 5.41) is 3.50. The van der Waals surface area contributed by atoms with Crippen molar-refractivity contribution in [2.24, 2.45) is 5.92 Å². The van der Waals surface area contributed by atoms with Crippen molar-refractivity contribution in [3.8, 4) is 0 Å². The summed E-state index contributed by atoms with van der Waals surface area (Å²) in [7, 11) is 0. The fourth-order valence-corrected chi connectivity index (χ4v) is 2.76. The van der Waals surface area contributed by atoms with E-state index in [0.29, 0.717) is 12.0 Å². The van der Waals surface area contributed by atoms with Gasteiger partial charge in [0.25, 0.3) is 0 Å². The molecule has 1 heterocycles. The molecule has 1 aromatic carbocycles. The molecule has 0 bridgehead atoms. The Morgan fingerprint density at radius 3 is 3.00 bits per heavy atom. The van der Waals surface area contributed by atoms with E-state index < -0.39 is 0 Å². The lowest BCUT2D eigenvalue weighted by molar-refractivity contribution is 0.329. The zero-order chi connectivity index (χ0) is 11.5. The van der Waals surface area contributed by atoms with Gasteiger partial charge in [0.2, 0.25) is 0 Å². The molecule has 2 atom stereocenters. The number of rotatable bonds is 2. The first-order valence-electron chi connectivity index (χ1n) is 5.81. The van der Waals surface area contributed by atoms with Crippen molar-refractivity contribution in [3.05, 3.63) is 35.1 Å². The molecule has 0 amide bonds. The molecule has 0 saturated carbocycles. The number of aryl methyl sites for hydroxylation is 1. The first-order valence-corrected chi connectivity index (χ1v) is 6.44. The summed E-state index contributed by atoms with van der Waals surface area (Å²) < 4.78 is 13.0. The molecular formula is C13H18FNS. The van der Waals surface area contributed by atoms with E-state index in [9.17, 15) is 4.39 Å². The summed E-state index contributed by atoms with van der Waals surface area (Å²) in [5.74, 6) is 1.47. The predicted octanol–water partition coefficient (Wildman–Crippen LogP) is 3.10. The maximum atomic E-state index is 13.0. The van der Waals surface area contributed by atoms with E-state index in [0.717, 1.165) is 24.3 Å². The Bertz CT molecular complexity index is 367. The first kappa shape index (κ1) is 11.9. The van der Waals surface area contributed by atoms with Crippen molar-refractivity contribution in [1.29, 1.82) is 0 Å². The fourth-order valence-electron chi connectivity index (χ4n) is 2.43. The molecule has 1 aliphatic heterocycles. The normalized spacial score (nSPS) is 25.7. The number of piperidine rings is 1. The average molecular weight is 239 g/mol. The third kappa shape index (κ3) is 2.58. The quantitative estimate of drug-likeness (QED) is 0.756. The van der Waals surface area contributed by atoms with Crippen LogP contribution < -0.4 is 5.32 Å². The number of hydrogen-bond acceptors (Lipinski definition) is 2. The number of nitrogens with one attached hydrogen (secondary N) is 1. The molecule has 2 rings (SSSR count). The van der Waals surface area contributed by atoms with Gasteiger partial charge in [-0.2, -0.15) is 12.6 Å². The summed E-state index contributed by atoms with van der Waals surface area (Å²) in [6.07, 6.45) is 2.30. The molecule has 1 saturated heterocycles. The lowest BCUT2D eigenvalue weighted by Crippen LogP contribution is -2.32. The Labute approximate surface area is 102 Å². The van der Waals surface area contributed by atoms with Crippen LogP contribution in [0.4, 0.5) is 4.39 Å². The molecule has 0 spiro atoms. The van der Waals surface area contributed by atoms with E-state index >= 15 is 0 Å². The molecule has 1 fully saturated rings. The molecule has 0 aliphatic carbocycles. The molecule has 1 aromatic rings. The minimum absolute atomic E-state index is 0.150. The number of hydrogen-bond donors (Lipinski definition) is 2. The van der Waals surface area contributed by atoms with E-state index in [-0.39, 0.29) is 5.82 Å². The van der Waals surface area contributed by atoms with Crippen molar-refractivity contribution in [2.45, 2.75) is 25.8 Å². The van der Waals surface area contributed by atoms with Gasteiger partial charge in [0, 0.05) is 6.04 Å². The SMILES string of the molecule is Cc1cc(F)ccc1[C@H]1C[C@@H](CS)CCN1. The number of benzene rings is 1. The average Bonchev–Trinajstić information content (AvgIpc) is 2.29. The minimum atomic E-state index is -0.150. The van der Waals surface area contributed by atoms with Crippen LogP contribution in [0.5, 0.6) is 0 Å². The van der Waals surface area contributed by atoms with Crippen LogP contribution >= 0.6 is 12.6 Å². The van der Waals surface area contributed by atoms with Gasteiger partial charge in [-0.05, 0) is 61.2 Å². The zero-order valence-corrected chi connectivity index (χ0v) is 10.4. The monoisotopic (exact) mass is 239 g/mol. The lowest BCUT2D eigenvalue weighted by atomic mass is 9.88. The Hall–Kier alpha value is -0.540. The fraction of sp³-hybridized carbons (Fsp3) is 0.538. The standard InChI is InChI=1S/C13H18FNS/c1-9-6-11(14)2-3-12(9)13-7-10(8-16)4-5-15-13/h2-3,6,10,13,15-16H,4-5,7-8H2,1H3/t10-,13+/m0/s1. The highest BCUT2D eigenvalue weighted by Crippen LogP contribution is 2.29. The highest BCUT2D eigenvalue weighted by molar-refractivity contribution is 7.80. The molecule has 0 aromatic heterocycles. The smallest absolute Gasteiger partial charge is 0.123 e. The third-order valence-corrected chi connectivity index (χ3v) is 3.89. The molecular weight excluding hydrogens is 221 g/mol. The van der Waals surface area contributed by atoms with Crippen LogP contribution in [-0.2, 0) is 0 Å². The Kier molecular flexibility index (Phi) is 3.87. The van der Waals surface area contributed by atoms with Gasteiger partial charge in [-0.1, -0.05) is 6.07 Å². The molecule has 3 heteroatoms. The Morgan fingerprint density at radius 1 is 1.50 bits per heavy atom. The van der Waals surface area contributed by atoms with Crippen LogP contribution in [-0.4, -0.2) is 12.3 Å². The Balaban J connectivity index is 2.16. The maximum absolute atomic E-state index is 13.0. The molecule has 1 nitrogen and oxygen atoms in total. The second kappa shape index (κ2) is 5.19. The largest absolute Gasteiger partial charge is 0.310 e.